The Hall–Kier alpha value is -2.09. The quantitative estimate of drug-likeness (QED) is 0.620. The van der Waals surface area contributed by atoms with Gasteiger partial charge in [-0.2, -0.15) is 13.2 Å². The van der Waals surface area contributed by atoms with Crippen LogP contribution in [0.1, 0.15) is 16.1 Å². The first-order valence-corrected chi connectivity index (χ1v) is 7.65. The van der Waals surface area contributed by atoms with Crippen molar-refractivity contribution in [2.45, 2.75) is 11.2 Å². The van der Waals surface area contributed by atoms with Gasteiger partial charge in [0, 0.05) is 5.69 Å². The molecule has 2 rings (SSSR count). The molecule has 0 radical (unpaired) electrons. The Morgan fingerprint density at radius 3 is 2.22 bits per heavy atom. The lowest BCUT2D eigenvalue weighted by Crippen LogP contribution is -2.12. The molecular weight excluding hydrogens is 331 g/mol. The molecule has 1 heterocycles. The first-order chi connectivity index (χ1) is 10.8. The molecule has 0 spiro atoms. The highest BCUT2D eigenvalue weighted by Crippen LogP contribution is 2.38. The highest BCUT2D eigenvalue weighted by molar-refractivity contribution is 7.98. The summed E-state index contributed by atoms with van der Waals surface area (Å²) in [6, 6.07) is 6.90. The minimum atomic E-state index is -4.61. The molecule has 2 aromatic rings. The van der Waals surface area contributed by atoms with Gasteiger partial charge in [0.05, 0.1) is 24.8 Å². The Bertz CT molecular complexity index is 708. The Morgan fingerprint density at radius 1 is 1.17 bits per heavy atom. The molecule has 0 atom stereocenters. The normalized spacial score (nSPS) is 11.4. The number of alkyl halides is 3. The summed E-state index contributed by atoms with van der Waals surface area (Å²) in [4.78, 5) is 11.8. The third-order valence-electron chi connectivity index (χ3n) is 3.18. The number of hydrogen-bond acceptors (Lipinski definition) is 4. The van der Waals surface area contributed by atoms with Crippen molar-refractivity contribution >= 4 is 17.7 Å². The summed E-state index contributed by atoms with van der Waals surface area (Å²) in [5.41, 5.74) is -0.784. The number of methoxy groups -OCH3 is 2. The molecule has 0 aliphatic rings. The van der Waals surface area contributed by atoms with Gasteiger partial charge in [0.15, 0.2) is 0 Å². The van der Waals surface area contributed by atoms with E-state index in [4.69, 9.17) is 4.74 Å². The van der Waals surface area contributed by atoms with Crippen LogP contribution in [0.3, 0.4) is 0 Å². The average molecular weight is 345 g/mol. The zero-order valence-corrected chi connectivity index (χ0v) is 13.4. The first-order valence-electron chi connectivity index (χ1n) is 6.43. The number of carbonyl (C=O) groups is 1. The summed E-state index contributed by atoms with van der Waals surface area (Å²) < 4.78 is 50.7. The Kier molecular flexibility index (Phi) is 4.93. The second-order valence-electron chi connectivity index (χ2n) is 4.48. The summed E-state index contributed by atoms with van der Waals surface area (Å²) in [6.07, 6.45) is -3.02. The largest absolute Gasteiger partial charge is 0.497 e. The Labute approximate surface area is 135 Å². The molecule has 0 saturated carbocycles. The number of aromatic nitrogens is 1. The highest BCUT2D eigenvalue weighted by atomic mass is 32.2. The topological polar surface area (TPSA) is 40.5 Å². The number of rotatable bonds is 4. The number of carbonyl (C=O) groups excluding carboxylic acids is 1. The van der Waals surface area contributed by atoms with Gasteiger partial charge in [0.25, 0.3) is 0 Å². The molecule has 0 N–H and O–H groups in total. The number of esters is 1. The zero-order valence-electron chi connectivity index (χ0n) is 12.6. The number of nitrogens with zero attached hydrogens (tertiary/aromatic N) is 1. The molecule has 0 unspecified atom stereocenters. The minimum absolute atomic E-state index is 0.122. The second kappa shape index (κ2) is 6.57. The van der Waals surface area contributed by atoms with E-state index >= 15 is 0 Å². The van der Waals surface area contributed by atoms with Crippen molar-refractivity contribution in [3.05, 3.63) is 41.6 Å². The van der Waals surface area contributed by atoms with Crippen LogP contribution in [0.15, 0.2) is 35.4 Å². The maximum atomic E-state index is 13.4. The number of thioether (sulfide) groups is 1. The fourth-order valence-electron chi connectivity index (χ4n) is 2.15. The molecule has 0 bridgehead atoms. The van der Waals surface area contributed by atoms with E-state index in [1.807, 2.05) is 0 Å². The van der Waals surface area contributed by atoms with Crippen LogP contribution in [0.2, 0.25) is 0 Å². The van der Waals surface area contributed by atoms with E-state index in [9.17, 15) is 18.0 Å². The van der Waals surface area contributed by atoms with Crippen molar-refractivity contribution in [2.75, 3.05) is 20.5 Å². The van der Waals surface area contributed by atoms with Crippen molar-refractivity contribution in [3.8, 4) is 11.4 Å². The van der Waals surface area contributed by atoms with Crippen LogP contribution in [-0.4, -0.2) is 31.0 Å². The van der Waals surface area contributed by atoms with Crippen LogP contribution in [0.5, 0.6) is 5.75 Å². The second-order valence-corrected chi connectivity index (χ2v) is 5.27. The van der Waals surface area contributed by atoms with Gasteiger partial charge >= 0.3 is 12.1 Å². The maximum absolute atomic E-state index is 13.4. The molecule has 0 aliphatic carbocycles. The molecule has 1 aromatic heterocycles. The Morgan fingerprint density at radius 2 is 1.78 bits per heavy atom. The standard InChI is InChI=1S/C15H14F3NO3S/c1-21-10-6-4-9(5-7-10)19-12(15(16,17)18)8-11(13(19)23-3)14(20)22-2/h4-8H,1-3H3. The van der Waals surface area contributed by atoms with Crippen molar-refractivity contribution in [1.82, 2.24) is 4.57 Å². The third-order valence-corrected chi connectivity index (χ3v) is 3.96. The summed E-state index contributed by atoms with van der Waals surface area (Å²) in [5.74, 6) is -0.291. The van der Waals surface area contributed by atoms with Gasteiger partial charge in [-0.3, -0.25) is 4.57 Å². The van der Waals surface area contributed by atoms with Crippen molar-refractivity contribution in [3.63, 3.8) is 0 Å². The van der Waals surface area contributed by atoms with Gasteiger partial charge in [-0.1, -0.05) is 0 Å². The van der Waals surface area contributed by atoms with E-state index in [-0.39, 0.29) is 16.3 Å². The fourth-order valence-corrected chi connectivity index (χ4v) is 2.90. The van der Waals surface area contributed by atoms with Gasteiger partial charge in [-0.15, -0.1) is 11.8 Å². The SMILES string of the molecule is COC(=O)c1cc(C(F)(F)F)n(-c2ccc(OC)cc2)c1SC. The summed E-state index contributed by atoms with van der Waals surface area (Å²) in [6.45, 7) is 0. The fraction of sp³-hybridized carbons (Fsp3) is 0.267. The van der Waals surface area contributed by atoms with Crippen molar-refractivity contribution < 1.29 is 27.4 Å². The van der Waals surface area contributed by atoms with Gasteiger partial charge in [0.2, 0.25) is 0 Å². The molecule has 23 heavy (non-hydrogen) atoms. The average Bonchev–Trinajstić information content (AvgIpc) is 2.93. The van der Waals surface area contributed by atoms with Gasteiger partial charge in [-0.25, -0.2) is 4.79 Å². The van der Waals surface area contributed by atoms with E-state index in [0.717, 1.165) is 29.5 Å². The van der Waals surface area contributed by atoms with Crippen LogP contribution < -0.4 is 4.74 Å². The van der Waals surface area contributed by atoms with E-state index in [0.29, 0.717) is 5.75 Å². The number of ether oxygens (including phenoxy) is 2. The predicted molar refractivity (Wildman–Crippen MR) is 80.4 cm³/mol. The molecule has 4 nitrogen and oxygen atoms in total. The minimum Gasteiger partial charge on any atom is -0.497 e. The zero-order chi connectivity index (χ0) is 17.2. The van der Waals surface area contributed by atoms with Crippen LogP contribution >= 0.6 is 11.8 Å². The Balaban J connectivity index is 2.72. The molecule has 0 saturated heterocycles. The number of halogens is 3. The highest BCUT2D eigenvalue weighted by Gasteiger charge is 2.38. The molecule has 8 heteroatoms. The molecule has 0 aliphatic heterocycles. The van der Waals surface area contributed by atoms with Crippen molar-refractivity contribution in [2.24, 2.45) is 0 Å². The van der Waals surface area contributed by atoms with E-state index in [2.05, 4.69) is 4.74 Å². The summed E-state index contributed by atoms with van der Waals surface area (Å²) in [7, 11) is 2.60. The monoisotopic (exact) mass is 345 g/mol. The van der Waals surface area contributed by atoms with Crippen LogP contribution in [0, 0.1) is 0 Å². The lowest BCUT2D eigenvalue weighted by atomic mass is 10.3. The predicted octanol–water partition coefficient (Wildman–Crippen LogP) is 4.01. The summed E-state index contributed by atoms with van der Waals surface area (Å²) in [5, 5.41) is 0.161. The lowest BCUT2D eigenvalue weighted by Gasteiger charge is -2.15. The first kappa shape index (κ1) is 17.3. The van der Waals surface area contributed by atoms with E-state index < -0.39 is 17.8 Å². The van der Waals surface area contributed by atoms with Gasteiger partial charge < -0.3 is 9.47 Å². The number of hydrogen-bond donors (Lipinski definition) is 0. The molecule has 124 valence electrons. The van der Waals surface area contributed by atoms with Gasteiger partial charge in [-0.05, 0) is 36.6 Å². The smallest absolute Gasteiger partial charge is 0.431 e. The molecular formula is C15H14F3NO3S. The molecule has 1 aromatic carbocycles. The van der Waals surface area contributed by atoms with Crippen LogP contribution in [0.4, 0.5) is 13.2 Å². The number of benzene rings is 1. The van der Waals surface area contributed by atoms with Crippen LogP contribution in [-0.2, 0) is 10.9 Å². The summed E-state index contributed by atoms with van der Waals surface area (Å²) >= 11 is 1.04. The van der Waals surface area contributed by atoms with Gasteiger partial charge in [0.1, 0.15) is 11.4 Å². The van der Waals surface area contributed by atoms with E-state index in [1.165, 1.54) is 19.2 Å². The molecule has 0 amide bonds. The third kappa shape index (κ3) is 3.31. The maximum Gasteiger partial charge on any atom is 0.431 e. The lowest BCUT2D eigenvalue weighted by molar-refractivity contribution is -0.142. The van der Waals surface area contributed by atoms with Crippen molar-refractivity contribution in [1.29, 1.82) is 0 Å². The van der Waals surface area contributed by atoms with E-state index in [1.54, 1.807) is 18.4 Å². The van der Waals surface area contributed by atoms with Crippen LogP contribution in [0.25, 0.3) is 5.69 Å². The molecule has 0 fully saturated rings.